The fraction of sp³-hybridized carbons (Fsp3) is 0.125. The Balaban J connectivity index is 3.15. The van der Waals surface area contributed by atoms with Crippen LogP contribution in [0.25, 0.3) is 0 Å². The maximum absolute atomic E-state index is 10.2. The van der Waals surface area contributed by atoms with E-state index in [1.807, 2.05) is 6.92 Å². The zero-order valence-corrected chi connectivity index (χ0v) is 5.14. The molecule has 0 saturated heterocycles. The van der Waals surface area contributed by atoms with Crippen molar-refractivity contribution in [1.82, 2.24) is 0 Å². The molecule has 1 aromatic carbocycles. The zero-order valence-electron chi connectivity index (χ0n) is 5.14. The average Bonchev–Trinajstić information content (AvgIpc) is 1.89. The van der Waals surface area contributed by atoms with Gasteiger partial charge in [0.1, 0.15) is 0 Å². The summed E-state index contributed by atoms with van der Waals surface area (Å²) in [6.45, 7) is 1.87. The quantitative estimate of drug-likeness (QED) is 0.509. The molecule has 0 aliphatic heterocycles. The lowest BCUT2D eigenvalue weighted by Gasteiger charge is -1.88. The van der Waals surface area contributed by atoms with Crippen LogP contribution >= 0.6 is 0 Å². The van der Waals surface area contributed by atoms with Crippen LogP contribution < -0.4 is 0 Å². The normalized spacial score (nSPS) is 8.11. The van der Waals surface area contributed by atoms with Crippen molar-refractivity contribution in [3.05, 3.63) is 35.4 Å². The van der Waals surface area contributed by atoms with Crippen LogP contribution in [-0.4, -0.2) is 6.29 Å². The third-order valence-corrected chi connectivity index (χ3v) is 1.18. The number of carbonyl (C=O) groups excluding carboxylic acids is 1. The number of aldehydes is 1. The van der Waals surface area contributed by atoms with Crippen LogP contribution in [0.2, 0.25) is 0 Å². The van der Waals surface area contributed by atoms with Crippen molar-refractivity contribution < 1.29 is 4.79 Å². The molecule has 1 heteroatoms. The Bertz CT molecular complexity index is 216. The smallest absolute Gasteiger partial charge is 0.150 e. The van der Waals surface area contributed by atoms with Gasteiger partial charge in [-0.15, -0.1) is 0 Å². The summed E-state index contributed by atoms with van der Waals surface area (Å²) in [6, 6.07) is 8.82. The maximum atomic E-state index is 10.2. The van der Waals surface area contributed by atoms with Crippen LogP contribution in [0, 0.1) is 19.1 Å². The summed E-state index contributed by atoms with van der Waals surface area (Å²) >= 11 is 0. The molecule has 0 atom stereocenters. The van der Waals surface area contributed by atoms with Gasteiger partial charge in [0.15, 0.2) is 6.29 Å². The lowest BCUT2D eigenvalue weighted by molar-refractivity contribution is 0.112. The highest BCUT2D eigenvalue weighted by Crippen LogP contribution is 1.98. The minimum atomic E-state index is 0.689. The van der Waals surface area contributed by atoms with Gasteiger partial charge >= 0.3 is 0 Å². The first kappa shape index (κ1) is 5.84. The molecular weight excluding hydrogens is 112 g/mol. The molecule has 0 heterocycles. The van der Waals surface area contributed by atoms with Crippen LogP contribution in [0.3, 0.4) is 0 Å². The predicted octanol–water partition coefficient (Wildman–Crippen LogP) is 1.41. The first-order chi connectivity index (χ1) is 4.34. The van der Waals surface area contributed by atoms with Crippen molar-refractivity contribution in [2.45, 2.75) is 6.92 Å². The molecular formula is C8H6O. The minimum Gasteiger partial charge on any atom is -0.298 e. The molecule has 0 radical (unpaired) electrons. The van der Waals surface area contributed by atoms with Crippen molar-refractivity contribution in [2.75, 3.05) is 0 Å². The fourth-order valence-corrected chi connectivity index (χ4v) is 0.593. The van der Waals surface area contributed by atoms with E-state index in [9.17, 15) is 4.79 Å². The molecule has 9 heavy (non-hydrogen) atoms. The van der Waals surface area contributed by atoms with Crippen molar-refractivity contribution in [1.29, 1.82) is 0 Å². The number of hydrogen-bond donors (Lipinski definition) is 0. The van der Waals surface area contributed by atoms with Crippen molar-refractivity contribution in [3.8, 4) is 0 Å². The van der Waals surface area contributed by atoms with E-state index in [1.54, 1.807) is 12.1 Å². The third kappa shape index (κ3) is 1.09. The van der Waals surface area contributed by atoms with E-state index in [4.69, 9.17) is 0 Å². The number of carbonyl (C=O) groups is 1. The number of rotatable bonds is 1. The van der Waals surface area contributed by atoms with Gasteiger partial charge in [-0.1, -0.05) is 12.1 Å². The lowest BCUT2D eigenvalue weighted by atomic mass is 10.1. The highest BCUT2D eigenvalue weighted by molar-refractivity contribution is 5.76. The zero-order chi connectivity index (χ0) is 6.69. The minimum absolute atomic E-state index is 0.689. The summed E-state index contributed by atoms with van der Waals surface area (Å²) in [5.74, 6) is 0. The van der Waals surface area contributed by atoms with Gasteiger partial charge in [-0.2, -0.15) is 0 Å². The van der Waals surface area contributed by atoms with Crippen LogP contribution in [0.4, 0.5) is 0 Å². The molecule has 0 aromatic heterocycles. The van der Waals surface area contributed by atoms with Crippen LogP contribution in [0.5, 0.6) is 0 Å². The monoisotopic (exact) mass is 118 g/mol. The van der Waals surface area contributed by atoms with Gasteiger partial charge < -0.3 is 0 Å². The first-order valence-electron chi connectivity index (χ1n) is 2.68. The van der Waals surface area contributed by atoms with Crippen LogP contribution in [-0.2, 0) is 0 Å². The van der Waals surface area contributed by atoms with E-state index in [0.717, 1.165) is 11.8 Å². The van der Waals surface area contributed by atoms with E-state index in [1.165, 1.54) is 0 Å². The second-order valence-corrected chi connectivity index (χ2v) is 1.83. The largest absolute Gasteiger partial charge is 0.298 e. The molecule has 0 N–H and O–H groups in total. The van der Waals surface area contributed by atoms with Gasteiger partial charge in [0.25, 0.3) is 0 Å². The van der Waals surface area contributed by atoms with E-state index < -0.39 is 0 Å². The molecule has 1 aromatic rings. The second kappa shape index (κ2) is 2.32. The van der Waals surface area contributed by atoms with Crippen molar-refractivity contribution in [2.24, 2.45) is 0 Å². The van der Waals surface area contributed by atoms with Crippen LogP contribution in [0.15, 0.2) is 12.1 Å². The van der Waals surface area contributed by atoms with Crippen LogP contribution in [0.1, 0.15) is 15.9 Å². The van der Waals surface area contributed by atoms with Gasteiger partial charge in [-0.05, 0) is 24.6 Å². The fourth-order valence-electron chi connectivity index (χ4n) is 0.593. The van der Waals surface area contributed by atoms with Gasteiger partial charge in [0.2, 0.25) is 0 Å². The topological polar surface area (TPSA) is 17.1 Å². The molecule has 0 fully saturated rings. The molecule has 1 nitrogen and oxygen atoms in total. The Kier molecular flexibility index (Phi) is 1.51. The summed E-state index contributed by atoms with van der Waals surface area (Å²) in [5, 5.41) is 0. The molecule has 0 saturated carbocycles. The van der Waals surface area contributed by atoms with Gasteiger partial charge in [0.05, 0.1) is 0 Å². The summed E-state index contributed by atoms with van der Waals surface area (Å²) in [6.07, 6.45) is 0.819. The average molecular weight is 118 g/mol. The van der Waals surface area contributed by atoms with Gasteiger partial charge in [-0.3, -0.25) is 4.79 Å². The van der Waals surface area contributed by atoms with E-state index in [0.29, 0.717) is 5.56 Å². The molecule has 0 bridgehead atoms. The van der Waals surface area contributed by atoms with Gasteiger partial charge in [0, 0.05) is 5.56 Å². The summed E-state index contributed by atoms with van der Waals surface area (Å²) in [5.41, 5.74) is 1.64. The van der Waals surface area contributed by atoms with E-state index >= 15 is 0 Å². The summed E-state index contributed by atoms with van der Waals surface area (Å²) in [4.78, 5) is 10.2. The number of hydrogen-bond acceptors (Lipinski definition) is 1. The van der Waals surface area contributed by atoms with Crippen molar-refractivity contribution in [3.63, 3.8) is 0 Å². The standard InChI is InChI=1S/C8H6O/c1-7-4-2-3-5-8(7)6-9/h4-6H,1H3. The second-order valence-electron chi connectivity index (χ2n) is 1.83. The Morgan fingerprint density at radius 3 is 2.56 bits per heavy atom. The van der Waals surface area contributed by atoms with Crippen molar-refractivity contribution >= 4 is 6.29 Å². The predicted molar refractivity (Wildman–Crippen MR) is 34.2 cm³/mol. The molecule has 0 aliphatic rings. The third-order valence-electron chi connectivity index (χ3n) is 1.18. The number of aryl methyl sites for hydroxylation is 1. The highest BCUT2D eigenvalue weighted by Gasteiger charge is 1.89. The Labute approximate surface area is 54.3 Å². The maximum Gasteiger partial charge on any atom is 0.150 e. The molecule has 1 rings (SSSR count). The SMILES string of the molecule is Cc1cc#ccc1C=O. The van der Waals surface area contributed by atoms with E-state index in [-0.39, 0.29) is 0 Å². The Hall–Kier alpha value is -1.29. The van der Waals surface area contributed by atoms with Gasteiger partial charge in [-0.25, -0.2) is 0 Å². The molecule has 0 aliphatic carbocycles. The van der Waals surface area contributed by atoms with E-state index in [2.05, 4.69) is 12.1 Å². The molecule has 0 spiro atoms. The lowest BCUT2D eigenvalue weighted by Crippen LogP contribution is -1.81. The molecule has 44 valence electrons. The highest BCUT2D eigenvalue weighted by atomic mass is 16.1. The Morgan fingerprint density at radius 2 is 2.11 bits per heavy atom. The first-order valence-corrected chi connectivity index (χ1v) is 2.68. The summed E-state index contributed by atoms with van der Waals surface area (Å²) in [7, 11) is 0. The Morgan fingerprint density at radius 1 is 1.44 bits per heavy atom. The molecule has 0 amide bonds. The summed E-state index contributed by atoms with van der Waals surface area (Å²) < 4.78 is 0. The molecule has 0 unspecified atom stereocenters.